The Labute approximate surface area is 128 Å². The molecule has 0 bridgehead atoms. The van der Waals surface area contributed by atoms with Crippen molar-refractivity contribution >= 4 is 22.6 Å². The van der Waals surface area contributed by atoms with E-state index in [9.17, 15) is 4.39 Å². The second-order valence-corrected chi connectivity index (χ2v) is 5.31. The molecular weight excluding hydrogens is 287 g/mol. The molecule has 108 valence electrons. The molecule has 3 aromatic rings. The fourth-order valence-electron chi connectivity index (χ4n) is 2.58. The molecule has 0 amide bonds. The fourth-order valence-corrected chi connectivity index (χ4v) is 2.76. The smallest absolute Gasteiger partial charge is 0.129 e. The molecule has 1 heterocycles. The molecule has 21 heavy (non-hydrogen) atoms. The predicted molar refractivity (Wildman–Crippen MR) is 84.6 cm³/mol. The molecule has 0 unspecified atom stereocenters. The summed E-state index contributed by atoms with van der Waals surface area (Å²) in [5, 5.41) is 0. The highest BCUT2D eigenvalue weighted by Crippen LogP contribution is 2.24. The second-order valence-electron chi connectivity index (χ2n) is 5.05. The first kappa shape index (κ1) is 14.1. The van der Waals surface area contributed by atoms with Crippen molar-refractivity contribution < 1.29 is 4.39 Å². The van der Waals surface area contributed by atoms with E-state index in [0.29, 0.717) is 5.52 Å². The Morgan fingerprint density at radius 1 is 1.14 bits per heavy atom. The highest BCUT2D eigenvalue weighted by Gasteiger charge is 2.12. The number of alkyl halides is 1. The van der Waals surface area contributed by atoms with Gasteiger partial charge in [0.1, 0.15) is 11.6 Å². The van der Waals surface area contributed by atoms with E-state index in [1.54, 1.807) is 6.07 Å². The number of hydrogen-bond acceptors (Lipinski definition) is 1. The van der Waals surface area contributed by atoms with Gasteiger partial charge in [-0.1, -0.05) is 25.5 Å². The van der Waals surface area contributed by atoms with E-state index in [-0.39, 0.29) is 11.7 Å². The summed E-state index contributed by atoms with van der Waals surface area (Å²) in [6.07, 6.45) is 2.19. The van der Waals surface area contributed by atoms with Gasteiger partial charge in [0.05, 0.1) is 16.9 Å². The van der Waals surface area contributed by atoms with Gasteiger partial charge in [0.15, 0.2) is 0 Å². The Morgan fingerprint density at radius 2 is 1.90 bits per heavy atom. The minimum atomic E-state index is -0.286. The zero-order valence-electron chi connectivity index (χ0n) is 11.8. The molecule has 0 spiro atoms. The van der Waals surface area contributed by atoms with Crippen LogP contribution in [0.4, 0.5) is 4.39 Å². The fraction of sp³-hybridized carbons (Fsp3) is 0.235. The minimum Gasteiger partial charge on any atom is -0.295 e. The maximum atomic E-state index is 13.3. The van der Waals surface area contributed by atoms with Crippen molar-refractivity contribution in [2.75, 3.05) is 0 Å². The van der Waals surface area contributed by atoms with E-state index in [1.807, 2.05) is 4.57 Å². The predicted octanol–water partition coefficient (Wildman–Crippen LogP) is 4.86. The molecule has 0 radical (unpaired) electrons. The van der Waals surface area contributed by atoms with Crippen LogP contribution < -0.4 is 0 Å². The SMILES string of the molecule is CCCc1ccc(-n2c(CCl)nc3cc(F)ccc32)cc1. The number of halogens is 2. The van der Waals surface area contributed by atoms with Crippen molar-refractivity contribution in [3.63, 3.8) is 0 Å². The summed E-state index contributed by atoms with van der Waals surface area (Å²) in [5.74, 6) is 0.722. The lowest BCUT2D eigenvalue weighted by molar-refractivity contribution is 0.629. The molecule has 0 saturated carbocycles. The van der Waals surface area contributed by atoms with Gasteiger partial charge in [0.25, 0.3) is 0 Å². The van der Waals surface area contributed by atoms with Crippen LogP contribution in [0.5, 0.6) is 0 Å². The van der Waals surface area contributed by atoms with Gasteiger partial charge < -0.3 is 0 Å². The van der Waals surface area contributed by atoms with E-state index in [0.717, 1.165) is 29.9 Å². The van der Waals surface area contributed by atoms with Crippen molar-refractivity contribution in [1.29, 1.82) is 0 Å². The standard InChI is InChI=1S/C17H16ClFN2/c1-2-3-12-4-7-14(8-5-12)21-16-9-6-13(19)10-15(16)20-17(21)11-18/h4-10H,2-3,11H2,1H3. The van der Waals surface area contributed by atoms with E-state index in [4.69, 9.17) is 11.6 Å². The summed E-state index contributed by atoms with van der Waals surface area (Å²) in [7, 11) is 0. The quantitative estimate of drug-likeness (QED) is 0.630. The van der Waals surface area contributed by atoms with Crippen LogP contribution in [-0.4, -0.2) is 9.55 Å². The van der Waals surface area contributed by atoms with E-state index in [2.05, 4.69) is 36.2 Å². The second kappa shape index (κ2) is 5.86. The molecule has 3 rings (SSSR count). The molecule has 0 atom stereocenters. The zero-order chi connectivity index (χ0) is 14.8. The highest BCUT2D eigenvalue weighted by molar-refractivity contribution is 6.17. The lowest BCUT2D eigenvalue weighted by Gasteiger charge is -2.09. The molecular formula is C17H16ClFN2. The Hall–Kier alpha value is -1.87. The van der Waals surface area contributed by atoms with E-state index >= 15 is 0 Å². The van der Waals surface area contributed by atoms with Crippen molar-refractivity contribution in [2.45, 2.75) is 25.6 Å². The van der Waals surface area contributed by atoms with Gasteiger partial charge in [0.2, 0.25) is 0 Å². The Kier molecular flexibility index (Phi) is 3.93. The van der Waals surface area contributed by atoms with Gasteiger partial charge in [-0.3, -0.25) is 4.57 Å². The maximum absolute atomic E-state index is 13.3. The van der Waals surface area contributed by atoms with Crippen molar-refractivity contribution in [3.05, 3.63) is 59.7 Å². The summed E-state index contributed by atoms with van der Waals surface area (Å²) in [4.78, 5) is 4.42. The summed E-state index contributed by atoms with van der Waals surface area (Å²) in [5.41, 5.74) is 3.81. The van der Waals surface area contributed by atoms with Gasteiger partial charge in [-0.2, -0.15) is 0 Å². The van der Waals surface area contributed by atoms with Crippen LogP contribution in [0.15, 0.2) is 42.5 Å². The minimum absolute atomic E-state index is 0.285. The number of aryl methyl sites for hydroxylation is 1. The molecule has 0 aliphatic heterocycles. The number of aromatic nitrogens is 2. The number of hydrogen-bond donors (Lipinski definition) is 0. The number of rotatable bonds is 4. The summed E-state index contributed by atoms with van der Waals surface area (Å²) >= 11 is 6.00. The lowest BCUT2D eigenvalue weighted by atomic mass is 10.1. The first-order valence-corrected chi connectivity index (χ1v) is 7.58. The third-order valence-electron chi connectivity index (χ3n) is 3.54. The molecule has 0 aliphatic rings. The van der Waals surface area contributed by atoms with Crippen LogP contribution in [-0.2, 0) is 12.3 Å². The molecule has 0 saturated heterocycles. The van der Waals surface area contributed by atoms with Crippen molar-refractivity contribution in [3.8, 4) is 5.69 Å². The number of nitrogens with zero attached hydrogens (tertiary/aromatic N) is 2. The highest BCUT2D eigenvalue weighted by atomic mass is 35.5. The van der Waals surface area contributed by atoms with Gasteiger partial charge in [-0.05, 0) is 36.2 Å². The Morgan fingerprint density at radius 3 is 2.57 bits per heavy atom. The van der Waals surface area contributed by atoms with Gasteiger partial charge in [-0.15, -0.1) is 11.6 Å². The number of imidazole rings is 1. The molecule has 0 fully saturated rings. The molecule has 2 aromatic carbocycles. The van der Waals surface area contributed by atoms with Crippen LogP contribution in [0.2, 0.25) is 0 Å². The largest absolute Gasteiger partial charge is 0.295 e. The Bertz CT molecular complexity index is 762. The maximum Gasteiger partial charge on any atom is 0.129 e. The first-order valence-electron chi connectivity index (χ1n) is 7.05. The van der Waals surface area contributed by atoms with Crippen LogP contribution in [0, 0.1) is 5.82 Å². The number of benzene rings is 2. The van der Waals surface area contributed by atoms with E-state index < -0.39 is 0 Å². The third kappa shape index (κ3) is 2.66. The molecule has 0 aliphatic carbocycles. The Balaban J connectivity index is 2.13. The average molecular weight is 303 g/mol. The van der Waals surface area contributed by atoms with Crippen LogP contribution in [0.1, 0.15) is 24.7 Å². The summed E-state index contributed by atoms with van der Waals surface area (Å²) in [6, 6.07) is 13.0. The lowest BCUT2D eigenvalue weighted by Crippen LogP contribution is -1.99. The van der Waals surface area contributed by atoms with Gasteiger partial charge in [-0.25, -0.2) is 9.37 Å². The van der Waals surface area contributed by atoms with Crippen LogP contribution >= 0.6 is 11.6 Å². The third-order valence-corrected chi connectivity index (χ3v) is 3.78. The van der Waals surface area contributed by atoms with E-state index in [1.165, 1.54) is 17.7 Å². The average Bonchev–Trinajstić information content (AvgIpc) is 2.86. The van der Waals surface area contributed by atoms with Crippen LogP contribution in [0.3, 0.4) is 0 Å². The summed E-state index contributed by atoms with van der Waals surface area (Å²) in [6.45, 7) is 2.16. The van der Waals surface area contributed by atoms with Crippen molar-refractivity contribution in [1.82, 2.24) is 9.55 Å². The zero-order valence-corrected chi connectivity index (χ0v) is 12.6. The van der Waals surface area contributed by atoms with Gasteiger partial charge in [0, 0.05) is 11.8 Å². The molecule has 0 N–H and O–H groups in total. The first-order chi connectivity index (χ1) is 10.2. The normalized spacial score (nSPS) is 11.2. The molecule has 2 nitrogen and oxygen atoms in total. The van der Waals surface area contributed by atoms with Gasteiger partial charge >= 0.3 is 0 Å². The monoisotopic (exact) mass is 302 g/mol. The van der Waals surface area contributed by atoms with Crippen molar-refractivity contribution in [2.24, 2.45) is 0 Å². The topological polar surface area (TPSA) is 17.8 Å². The number of fused-ring (bicyclic) bond motifs is 1. The molecule has 1 aromatic heterocycles. The van der Waals surface area contributed by atoms with Crippen LogP contribution in [0.25, 0.3) is 16.7 Å². The molecule has 4 heteroatoms. The summed E-state index contributed by atoms with van der Waals surface area (Å²) < 4.78 is 15.3.